The SMILES string of the molecule is c1ccc(C2(c3ccccc3)CC(c3ccccc3)(c3ccccc3)C2)cc1. The van der Waals surface area contributed by atoms with Crippen LogP contribution in [0.2, 0.25) is 0 Å². The van der Waals surface area contributed by atoms with Gasteiger partial charge in [0.15, 0.2) is 0 Å². The van der Waals surface area contributed by atoms with Crippen molar-refractivity contribution in [2.24, 2.45) is 0 Å². The van der Waals surface area contributed by atoms with Gasteiger partial charge in [-0.2, -0.15) is 0 Å². The van der Waals surface area contributed by atoms with Crippen LogP contribution in [0, 0.1) is 0 Å². The van der Waals surface area contributed by atoms with Gasteiger partial charge in [-0.1, -0.05) is 121 Å². The van der Waals surface area contributed by atoms with Gasteiger partial charge in [0.05, 0.1) is 0 Å². The summed E-state index contributed by atoms with van der Waals surface area (Å²) < 4.78 is 0. The Hall–Kier alpha value is -3.12. The molecular formula is C28H24. The first-order chi connectivity index (χ1) is 13.8. The van der Waals surface area contributed by atoms with E-state index < -0.39 is 0 Å². The lowest BCUT2D eigenvalue weighted by molar-refractivity contribution is 0.171. The van der Waals surface area contributed by atoms with Gasteiger partial charge in [0, 0.05) is 10.8 Å². The highest BCUT2D eigenvalue weighted by Crippen LogP contribution is 2.62. The average molecular weight is 361 g/mol. The molecule has 1 aliphatic rings. The molecule has 0 spiro atoms. The van der Waals surface area contributed by atoms with E-state index in [-0.39, 0.29) is 10.8 Å². The Bertz CT molecular complexity index is 858. The summed E-state index contributed by atoms with van der Waals surface area (Å²) in [5, 5.41) is 0. The smallest absolute Gasteiger partial charge is 0.0226 e. The molecule has 0 saturated heterocycles. The summed E-state index contributed by atoms with van der Waals surface area (Å²) in [5.74, 6) is 0. The van der Waals surface area contributed by atoms with Crippen molar-refractivity contribution in [1.29, 1.82) is 0 Å². The third-order valence-electron chi connectivity index (χ3n) is 6.51. The van der Waals surface area contributed by atoms with Crippen LogP contribution in [0.4, 0.5) is 0 Å². The van der Waals surface area contributed by atoms with Gasteiger partial charge >= 0.3 is 0 Å². The highest BCUT2D eigenvalue weighted by atomic mass is 14.6. The molecule has 0 N–H and O–H groups in total. The minimum Gasteiger partial charge on any atom is -0.0622 e. The molecule has 5 rings (SSSR count). The monoisotopic (exact) mass is 360 g/mol. The Labute approximate surface area is 167 Å². The molecular weight excluding hydrogens is 336 g/mol. The second-order valence-corrected chi connectivity index (χ2v) is 7.98. The predicted molar refractivity (Wildman–Crippen MR) is 117 cm³/mol. The zero-order valence-corrected chi connectivity index (χ0v) is 16.0. The maximum atomic E-state index is 2.30. The number of benzene rings is 4. The van der Waals surface area contributed by atoms with Crippen molar-refractivity contribution in [2.45, 2.75) is 23.7 Å². The molecule has 0 heterocycles. The third-order valence-corrected chi connectivity index (χ3v) is 6.51. The van der Waals surface area contributed by atoms with E-state index in [0.29, 0.717) is 0 Å². The van der Waals surface area contributed by atoms with Crippen LogP contribution in [0.5, 0.6) is 0 Å². The highest BCUT2D eigenvalue weighted by Gasteiger charge is 2.57. The molecule has 0 heteroatoms. The van der Waals surface area contributed by atoms with E-state index in [1.807, 2.05) is 0 Å². The standard InChI is InChI=1S/C28H24/c1-5-13-23(14-6-1)27(24-15-7-2-8-16-24)21-28(22-27,25-17-9-3-10-18-25)26-19-11-4-12-20-26/h1-20H,21-22H2. The second kappa shape index (κ2) is 6.80. The summed E-state index contributed by atoms with van der Waals surface area (Å²) in [5.41, 5.74) is 5.78. The van der Waals surface area contributed by atoms with Crippen LogP contribution >= 0.6 is 0 Å². The van der Waals surface area contributed by atoms with E-state index >= 15 is 0 Å². The summed E-state index contributed by atoms with van der Waals surface area (Å²) in [6, 6.07) is 44.2. The largest absolute Gasteiger partial charge is 0.0622 e. The average Bonchev–Trinajstić information content (AvgIpc) is 2.76. The maximum absolute atomic E-state index is 2.30. The number of hydrogen-bond donors (Lipinski definition) is 0. The molecule has 1 fully saturated rings. The normalized spacial score (nSPS) is 16.9. The van der Waals surface area contributed by atoms with Gasteiger partial charge < -0.3 is 0 Å². The lowest BCUT2D eigenvalue weighted by Crippen LogP contribution is -2.53. The van der Waals surface area contributed by atoms with E-state index in [4.69, 9.17) is 0 Å². The Balaban J connectivity index is 1.67. The van der Waals surface area contributed by atoms with E-state index in [1.54, 1.807) is 0 Å². The Morgan fingerprint density at radius 3 is 0.750 bits per heavy atom. The van der Waals surface area contributed by atoms with E-state index in [2.05, 4.69) is 121 Å². The fourth-order valence-corrected chi connectivity index (χ4v) is 5.16. The summed E-state index contributed by atoms with van der Waals surface area (Å²) in [4.78, 5) is 0. The van der Waals surface area contributed by atoms with Crippen molar-refractivity contribution in [2.75, 3.05) is 0 Å². The molecule has 1 saturated carbocycles. The molecule has 0 nitrogen and oxygen atoms in total. The molecule has 0 amide bonds. The summed E-state index contributed by atoms with van der Waals surface area (Å²) in [7, 11) is 0. The zero-order valence-electron chi connectivity index (χ0n) is 16.0. The number of rotatable bonds is 4. The molecule has 0 atom stereocenters. The van der Waals surface area contributed by atoms with Gasteiger partial charge in [0.2, 0.25) is 0 Å². The van der Waals surface area contributed by atoms with Gasteiger partial charge in [0.25, 0.3) is 0 Å². The molecule has 4 aromatic rings. The van der Waals surface area contributed by atoms with Crippen molar-refractivity contribution in [1.82, 2.24) is 0 Å². The van der Waals surface area contributed by atoms with Gasteiger partial charge in [-0.3, -0.25) is 0 Å². The van der Waals surface area contributed by atoms with Crippen molar-refractivity contribution in [3.05, 3.63) is 144 Å². The van der Waals surface area contributed by atoms with Crippen molar-refractivity contribution < 1.29 is 0 Å². The minimum atomic E-state index is 0.0498. The first-order valence-corrected chi connectivity index (χ1v) is 10.1. The zero-order chi connectivity index (χ0) is 18.9. The van der Waals surface area contributed by atoms with Crippen LogP contribution in [-0.2, 0) is 10.8 Å². The summed E-state index contributed by atoms with van der Waals surface area (Å²) >= 11 is 0. The topological polar surface area (TPSA) is 0 Å². The van der Waals surface area contributed by atoms with Crippen LogP contribution in [0.25, 0.3) is 0 Å². The third kappa shape index (κ3) is 2.60. The van der Waals surface area contributed by atoms with Crippen molar-refractivity contribution in [3.63, 3.8) is 0 Å². The summed E-state index contributed by atoms with van der Waals surface area (Å²) in [6.45, 7) is 0. The molecule has 0 radical (unpaired) electrons. The molecule has 0 aliphatic heterocycles. The molecule has 136 valence electrons. The summed E-state index contributed by atoms with van der Waals surface area (Å²) in [6.07, 6.45) is 2.17. The lowest BCUT2D eigenvalue weighted by Gasteiger charge is -2.58. The number of hydrogen-bond acceptors (Lipinski definition) is 0. The Morgan fingerprint density at radius 2 is 0.536 bits per heavy atom. The molecule has 0 bridgehead atoms. The fourth-order valence-electron chi connectivity index (χ4n) is 5.16. The molecule has 1 aliphatic carbocycles. The van der Waals surface area contributed by atoms with Crippen LogP contribution < -0.4 is 0 Å². The van der Waals surface area contributed by atoms with Gasteiger partial charge in [-0.15, -0.1) is 0 Å². The predicted octanol–water partition coefficient (Wildman–Crippen LogP) is 6.75. The highest BCUT2D eigenvalue weighted by molar-refractivity contribution is 5.53. The maximum Gasteiger partial charge on any atom is 0.0226 e. The molecule has 0 unspecified atom stereocenters. The van der Waals surface area contributed by atoms with Crippen LogP contribution in [0.15, 0.2) is 121 Å². The van der Waals surface area contributed by atoms with Crippen molar-refractivity contribution in [3.8, 4) is 0 Å². The quantitative estimate of drug-likeness (QED) is 0.377. The molecule has 0 aromatic heterocycles. The van der Waals surface area contributed by atoms with Crippen molar-refractivity contribution >= 4 is 0 Å². The lowest BCUT2D eigenvalue weighted by atomic mass is 9.44. The Kier molecular flexibility index (Phi) is 4.13. The molecule has 28 heavy (non-hydrogen) atoms. The minimum absolute atomic E-state index is 0.0498. The van der Waals surface area contributed by atoms with Crippen LogP contribution in [-0.4, -0.2) is 0 Å². The van der Waals surface area contributed by atoms with Gasteiger partial charge in [0.1, 0.15) is 0 Å². The first kappa shape index (κ1) is 17.0. The molecule has 4 aromatic carbocycles. The van der Waals surface area contributed by atoms with E-state index in [9.17, 15) is 0 Å². The van der Waals surface area contributed by atoms with E-state index in [0.717, 1.165) is 12.8 Å². The van der Waals surface area contributed by atoms with Gasteiger partial charge in [-0.25, -0.2) is 0 Å². The first-order valence-electron chi connectivity index (χ1n) is 10.1. The van der Waals surface area contributed by atoms with Crippen LogP contribution in [0.1, 0.15) is 35.1 Å². The second-order valence-electron chi connectivity index (χ2n) is 7.98. The Morgan fingerprint density at radius 1 is 0.321 bits per heavy atom. The van der Waals surface area contributed by atoms with Gasteiger partial charge in [-0.05, 0) is 35.1 Å². The van der Waals surface area contributed by atoms with Crippen LogP contribution in [0.3, 0.4) is 0 Å². The fraction of sp³-hybridized carbons (Fsp3) is 0.143. The van der Waals surface area contributed by atoms with E-state index in [1.165, 1.54) is 22.3 Å².